The molecule has 1 aromatic carbocycles. The number of hydrogen-bond acceptors (Lipinski definition) is 1. The third-order valence-electron chi connectivity index (χ3n) is 4.34. The molecule has 2 atom stereocenters. The normalized spacial score (nSPS) is 23.8. The molecule has 1 fully saturated rings. The third-order valence-corrected chi connectivity index (χ3v) is 4.34. The Morgan fingerprint density at radius 1 is 1.11 bits per heavy atom. The quantitative estimate of drug-likeness (QED) is 0.689. The zero-order valence-corrected chi connectivity index (χ0v) is 11.4. The van der Waals surface area contributed by atoms with E-state index in [9.17, 15) is 4.79 Å². The molecule has 0 saturated heterocycles. The van der Waals surface area contributed by atoms with E-state index < -0.39 is 0 Å². The van der Waals surface area contributed by atoms with Crippen molar-refractivity contribution in [3.63, 3.8) is 0 Å². The third kappa shape index (κ3) is 3.44. The van der Waals surface area contributed by atoms with Crippen molar-refractivity contribution in [1.29, 1.82) is 0 Å². The van der Waals surface area contributed by atoms with Crippen molar-refractivity contribution in [2.24, 2.45) is 11.8 Å². The lowest BCUT2D eigenvalue weighted by Gasteiger charge is -2.31. The van der Waals surface area contributed by atoms with Crippen LogP contribution in [-0.4, -0.2) is 6.29 Å². The molecule has 1 saturated carbocycles. The molecule has 1 aliphatic carbocycles. The van der Waals surface area contributed by atoms with Gasteiger partial charge in [0.05, 0.1) is 0 Å². The average molecular weight is 244 g/mol. The van der Waals surface area contributed by atoms with Gasteiger partial charge < -0.3 is 0 Å². The van der Waals surface area contributed by atoms with Crippen molar-refractivity contribution < 1.29 is 4.79 Å². The molecule has 98 valence electrons. The standard InChI is InChI=1S/C17H24O/c1-2-5-16-6-3-4-7-17(16)12-14-8-10-15(13-18)11-9-14/h8-11,13,16-17H,2-7,12H2,1H3. The zero-order chi connectivity index (χ0) is 12.8. The zero-order valence-electron chi connectivity index (χ0n) is 11.4. The molecule has 2 unspecified atom stereocenters. The molecular weight excluding hydrogens is 220 g/mol. The summed E-state index contributed by atoms with van der Waals surface area (Å²) in [6, 6.07) is 8.14. The Kier molecular flexibility index (Phi) is 4.98. The van der Waals surface area contributed by atoms with E-state index in [2.05, 4.69) is 19.1 Å². The summed E-state index contributed by atoms with van der Waals surface area (Å²) in [7, 11) is 0. The maximum atomic E-state index is 10.6. The van der Waals surface area contributed by atoms with Crippen LogP contribution in [0.25, 0.3) is 0 Å². The van der Waals surface area contributed by atoms with Crippen LogP contribution < -0.4 is 0 Å². The van der Waals surface area contributed by atoms with Crippen LogP contribution in [0.3, 0.4) is 0 Å². The van der Waals surface area contributed by atoms with Crippen LogP contribution in [0.2, 0.25) is 0 Å². The molecule has 1 aromatic rings. The van der Waals surface area contributed by atoms with E-state index in [1.807, 2.05) is 12.1 Å². The number of carbonyl (C=O) groups is 1. The van der Waals surface area contributed by atoms with E-state index in [1.165, 1.54) is 50.5 Å². The molecule has 1 heteroatoms. The highest BCUT2D eigenvalue weighted by molar-refractivity contribution is 5.74. The first-order valence-electron chi connectivity index (χ1n) is 7.37. The van der Waals surface area contributed by atoms with Gasteiger partial charge in [-0.2, -0.15) is 0 Å². The van der Waals surface area contributed by atoms with Crippen LogP contribution in [0.1, 0.15) is 61.4 Å². The van der Waals surface area contributed by atoms with Gasteiger partial charge in [-0.1, -0.05) is 63.3 Å². The highest BCUT2D eigenvalue weighted by Crippen LogP contribution is 2.35. The predicted molar refractivity (Wildman–Crippen MR) is 75.9 cm³/mol. The Balaban J connectivity index is 1.98. The first kappa shape index (κ1) is 13.3. The Labute approximate surface area is 111 Å². The van der Waals surface area contributed by atoms with Crippen molar-refractivity contribution in [1.82, 2.24) is 0 Å². The van der Waals surface area contributed by atoms with E-state index in [1.54, 1.807) is 0 Å². The molecule has 0 bridgehead atoms. The van der Waals surface area contributed by atoms with Gasteiger partial charge in [0.1, 0.15) is 6.29 Å². The van der Waals surface area contributed by atoms with E-state index in [0.29, 0.717) is 0 Å². The molecular formula is C17H24O. The van der Waals surface area contributed by atoms with Crippen molar-refractivity contribution >= 4 is 6.29 Å². The SMILES string of the molecule is CCCC1CCCCC1Cc1ccc(C=O)cc1. The lowest BCUT2D eigenvalue weighted by atomic mass is 9.74. The van der Waals surface area contributed by atoms with E-state index >= 15 is 0 Å². The summed E-state index contributed by atoms with van der Waals surface area (Å²) in [4.78, 5) is 10.6. The van der Waals surface area contributed by atoms with Crippen LogP contribution in [0.5, 0.6) is 0 Å². The first-order valence-corrected chi connectivity index (χ1v) is 7.37. The van der Waals surface area contributed by atoms with Gasteiger partial charge in [0.2, 0.25) is 0 Å². The maximum Gasteiger partial charge on any atom is 0.150 e. The number of rotatable bonds is 5. The fourth-order valence-corrected chi connectivity index (χ4v) is 3.34. The molecule has 0 radical (unpaired) electrons. The molecule has 2 rings (SSSR count). The lowest BCUT2D eigenvalue weighted by molar-refractivity contribution is 0.112. The van der Waals surface area contributed by atoms with Gasteiger partial charge in [0, 0.05) is 5.56 Å². The molecule has 0 amide bonds. The van der Waals surface area contributed by atoms with Crippen LogP contribution in [-0.2, 0) is 6.42 Å². The van der Waals surface area contributed by atoms with Gasteiger partial charge in [0.25, 0.3) is 0 Å². The van der Waals surface area contributed by atoms with E-state index in [0.717, 1.165) is 23.7 Å². The molecule has 0 N–H and O–H groups in total. The summed E-state index contributed by atoms with van der Waals surface area (Å²) in [5.41, 5.74) is 2.18. The largest absolute Gasteiger partial charge is 0.298 e. The van der Waals surface area contributed by atoms with Gasteiger partial charge in [-0.25, -0.2) is 0 Å². The number of carbonyl (C=O) groups excluding carboxylic acids is 1. The summed E-state index contributed by atoms with van der Waals surface area (Å²) in [5, 5.41) is 0. The number of hydrogen-bond donors (Lipinski definition) is 0. The van der Waals surface area contributed by atoms with Gasteiger partial charge >= 0.3 is 0 Å². The summed E-state index contributed by atoms with van der Waals surface area (Å²) < 4.78 is 0. The minimum absolute atomic E-state index is 0.785. The maximum absolute atomic E-state index is 10.6. The molecule has 0 heterocycles. The van der Waals surface area contributed by atoms with Gasteiger partial charge in [0.15, 0.2) is 0 Å². The van der Waals surface area contributed by atoms with Gasteiger partial charge in [-0.15, -0.1) is 0 Å². The van der Waals surface area contributed by atoms with Crippen molar-refractivity contribution in [2.75, 3.05) is 0 Å². The summed E-state index contributed by atoms with van der Waals surface area (Å²) in [5.74, 6) is 1.79. The predicted octanol–water partition coefficient (Wildman–Crippen LogP) is 4.65. The van der Waals surface area contributed by atoms with Gasteiger partial charge in [-0.05, 0) is 30.2 Å². The van der Waals surface area contributed by atoms with Crippen molar-refractivity contribution in [3.8, 4) is 0 Å². The minimum atomic E-state index is 0.785. The highest BCUT2D eigenvalue weighted by atomic mass is 16.1. The summed E-state index contributed by atoms with van der Waals surface area (Å²) in [6.45, 7) is 2.30. The fourth-order valence-electron chi connectivity index (χ4n) is 3.34. The monoisotopic (exact) mass is 244 g/mol. The van der Waals surface area contributed by atoms with Crippen LogP contribution in [0.4, 0.5) is 0 Å². The Hall–Kier alpha value is -1.11. The Morgan fingerprint density at radius 2 is 1.78 bits per heavy atom. The summed E-state index contributed by atoms with van der Waals surface area (Å²) in [6.07, 6.45) is 10.4. The van der Waals surface area contributed by atoms with Crippen LogP contribution in [0.15, 0.2) is 24.3 Å². The molecule has 1 nitrogen and oxygen atoms in total. The lowest BCUT2D eigenvalue weighted by Crippen LogP contribution is -2.21. The Morgan fingerprint density at radius 3 is 2.39 bits per heavy atom. The van der Waals surface area contributed by atoms with Crippen LogP contribution in [0, 0.1) is 11.8 Å². The second kappa shape index (κ2) is 6.72. The highest BCUT2D eigenvalue weighted by Gasteiger charge is 2.24. The van der Waals surface area contributed by atoms with E-state index in [4.69, 9.17) is 0 Å². The molecule has 0 aliphatic heterocycles. The molecule has 0 spiro atoms. The second-order valence-corrected chi connectivity index (χ2v) is 5.66. The molecule has 1 aliphatic rings. The topological polar surface area (TPSA) is 17.1 Å². The summed E-state index contributed by atoms with van der Waals surface area (Å²) >= 11 is 0. The van der Waals surface area contributed by atoms with Crippen LogP contribution >= 0.6 is 0 Å². The average Bonchev–Trinajstić information content (AvgIpc) is 2.42. The van der Waals surface area contributed by atoms with E-state index in [-0.39, 0.29) is 0 Å². The number of benzene rings is 1. The second-order valence-electron chi connectivity index (χ2n) is 5.66. The molecule has 0 aromatic heterocycles. The first-order chi connectivity index (χ1) is 8.83. The fraction of sp³-hybridized carbons (Fsp3) is 0.588. The number of aldehydes is 1. The smallest absolute Gasteiger partial charge is 0.150 e. The van der Waals surface area contributed by atoms with Crippen molar-refractivity contribution in [2.45, 2.75) is 51.9 Å². The van der Waals surface area contributed by atoms with Gasteiger partial charge in [-0.3, -0.25) is 4.79 Å². The Bertz CT molecular complexity index is 364. The minimum Gasteiger partial charge on any atom is -0.298 e. The van der Waals surface area contributed by atoms with Crippen molar-refractivity contribution in [3.05, 3.63) is 35.4 Å². The molecule has 18 heavy (non-hydrogen) atoms.